The first-order chi connectivity index (χ1) is 35.6. The normalized spacial score (nSPS) is 18.3. The maximum atomic E-state index is 13.1. The van der Waals surface area contributed by atoms with Gasteiger partial charge in [0, 0.05) is 19.3 Å². The van der Waals surface area contributed by atoms with Crippen LogP contribution < -0.4 is 0 Å². The van der Waals surface area contributed by atoms with E-state index >= 15 is 0 Å². The van der Waals surface area contributed by atoms with Crippen LogP contribution in [0.1, 0.15) is 303 Å². The number of aliphatic hydroxyl groups excluding tert-OH is 2. The van der Waals surface area contributed by atoms with E-state index in [0.29, 0.717) is 19.3 Å². The van der Waals surface area contributed by atoms with E-state index in [-0.39, 0.29) is 25.9 Å². The molecule has 6 atom stereocenters. The SMILES string of the molecule is CCCCCCCC/C=C\CCCCCCCC(=O)OCC(COC1OC(C(=O)O)C(O)C(O)C1OC(=O)CCCCCCCCCCCCCCCCC)OC(=O)CCCCCCCCCCCCCCC. The molecular weight excluding hydrogens is 925 g/mol. The zero-order valence-electron chi connectivity index (χ0n) is 47.2. The Balaban J connectivity index is 2.67. The summed E-state index contributed by atoms with van der Waals surface area (Å²) < 4.78 is 28.5. The largest absolute Gasteiger partial charge is 0.479 e. The number of carboxylic acid groups (broad SMARTS) is 1. The van der Waals surface area contributed by atoms with E-state index in [1.807, 2.05) is 0 Å². The van der Waals surface area contributed by atoms with Crippen LogP contribution in [0.25, 0.3) is 0 Å². The minimum atomic E-state index is -1.90. The second-order valence-electron chi connectivity index (χ2n) is 21.4. The minimum Gasteiger partial charge on any atom is -0.479 e. The topological polar surface area (TPSA) is 175 Å². The number of hydrogen-bond donors (Lipinski definition) is 3. The lowest BCUT2D eigenvalue weighted by atomic mass is 9.98. The van der Waals surface area contributed by atoms with Crippen LogP contribution in [-0.2, 0) is 42.9 Å². The van der Waals surface area contributed by atoms with Crippen LogP contribution in [0.5, 0.6) is 0 Å². The lowest BCUT2D eigenvalue weighted by Gasteiger charge is -2.40. The molecule has 1 rings (SSSR count). The first-order valence-electron chi connectivity index (χ1n) is 30.7. The number of carbonyl (C=O) groups excluding carboxylic acids is 3. The fourth-order valence-corrected chi connectivity index (χ4v) is 9.60. The van der Waals surface area contributed by atoms with Crippen LogP contribution >= 0.6 is 0 Å². The van der Waals surface area contributed by atoms with Crippen LogP contribution in [0, 0.1) is 0 Å². The number of allylic oxidation sites excluding steroid dienone is 2. The number of aliphatic hydroxyl groups is 2. The average molecular weight is 1040 g/mol. The van der Waals surface area contributed by atoms with Crippen molar-refractivity contribution in [2.24, 2.45) is 0 Å². The van der Waals surface area contributed by atoms with Crippen LogP contribution in [0.2, 0.25) is 0 Å². The van der Waals surface area contributed by atoms with Gasteiger partial charge in [0.25, 0.3) is 0 Å². The van der Waals surface area contributed by atoms with Crippen molar-refractivity contribution < 1.29 is 58.2 Å². The Kier molecular flexibility index (Phi) is 47.2. The van der Waals surface area contributed by atoms with E-state index in [4.69, 9.17) is 23.7 Å². The van der Waals surface area contributed by atoms with Crippen molar-refractivity contribution >= 4 is 23.9 Å². The van der Waals surface area contributed by atoms with Gasteiger partial charge in [-0.15, -0.1) is 0 Å². The summed E-state index contributed by atoms with van der Waals surface area (Å²) in [5.74, 6) is -3.09. The third kappa shape index (κ3) is 40.4. The van der Waals surface area contributed by atoms with Gasteiger partial charge in [0.1, 0.15) is 18.8 Å². The summed E-state index contributed by atoms with van der Waals surface area (Å²) in [4.78, 5) is 51.1. The summed E-state index contributed by atoms with van der Waals surface area (Å²) in [5.41, 5.74) is 0. The highest BCUT2D eigenvalue weighted by atomic mass is 16.7. The Morgan fingerprint density at radius 3 is 1.16 bits per heavy atom. The quantitative estimate of drug-likeness (QED) is 0.0228. The first-order valence-corrected chi connectivity index (χ1v) is 30.7. The van der Waals surface area contributed by atoms with Crippen molar-refractivity contribution in [1.29, 1.82) is 0 Å². The lowest BCUT2D eigenvalue weighted by Crippen LogP contribution is -2.61. The fourth-order valence-electron chi connectivity index (χ4n) is 9.60. The lowest BCUT2D eigenvalue weighted by molar-refractivity contribution is -0.301. The highest BCUT2D eigenvalue weighted by Gasteiger charge is 2.50. The van der Waals surface area contributed by atoms with Crippen molar-refractivity contribution in [2.75, 3.05) is 13.2 Å². The Morgan fingerprint density at radius 1 is 0.438 bits per heavy atom. The predicted octanol–water partition coefficient (Wildman–Crippen LogP) is 15.7. The average Bonchev–Trinajstić information content (AvgIpc) is 3.37. The van der Waals surface area contributed by atoms with Crippen LogP contribution in [0.3, 0.4) is 0 Å². The highest BCUT2D eigenvalue weighted by molar-refractivity contribution is 5.74. The third-order valence-corrected chi connectivity index (χ3v) is 14.3. The van der Waals surface area contributed by atoms with Crippen LogP contribution in [0.4, 0.5) is 0 Å². The monoisotopic (exact) mass is 1040 g/mol. The number of rotatable bonds is 53. The van der Waals surface area contributed by atoms with Gasteiger partial charge in [0.05, 0.1) is 6.61 Å². The molecule has 0 aromatic heterocycles. The molecule has 0 aliphatic carbocycles. The van der Waals surface area contributed by atoms with Crippen molar-refractivity contribution in [3.05, 3.63) is 12.2 Å². The summed E-state index contributed by atoms with van der Waals surface area (Å²) in [6.45, 7) is 6.02. The van der Waals surface area contributed by atoms with Crippen molar-refractivity contribution in [1.82, 2.24) is 0 Å². The van der Waals surface area contributed by atoms with Gasteiger partial charge < -0.3 is 39.0 Å². The molecule has 1 heterocycles. The number of unbranched alkanes of at least 4 members (excludes halogenated alkanes) is 37. The Hall–Kier alpha value is -2.54. The second-order valence-corrected chi connectivity index (χ2v) is 21.4. The fraction of sp³-hybridized carbons (Fsp3) is 0.902. The number of hydrogen-bond acceptors (Lipinski definition) is 11. The molecule has 1 aliphatic heterocycles. The van der Waals surface area contributed by atoms with Gasteiger partial charge in [0.2, 0.25) is 0 Å². The molecule has 0 bridgehead atoms. The molecule has 1 fully saturated rings. The van der Waals surface area contributed by atoms with Crippen molar-refractivity contribution in [3.63, 3.8) is 0 Å². The molecule has 6 unspecified atom stereocenters. The molecule has 0 amide bonds. The summed E-state index contributed by atoms with van der Waals surface area (Å²) >= 11 is 0. The molecule has 0 aromatic rings. The smallest absolute Gasteiger partial charge is 0.335 e. The number of carbonyl (C=O) groups is 4. The molecule has 0 spiro atoms. The van der Waals surface area contributed by atoms with E-state index in [1.54, 1.807) is 0 Å². The highest BCUT2D eigenvalue weighted by Crippen LogP contribution is 2.27. The van der Waals surface area contributed by atoms with Gasteiger partial charge in [-0.3, -0.25) is 14.4 Å². The number of ether oxygens (including phenoxy) is 5. The third-order valence-electron chi connectivity index (χ3n) is 14.3. The van der Waals surface area contributed by atoms with E-state index in [2.05, 4.69) is 32.9 Å². The molecular formula is C61H112O12. The molecule has 12 nitrogen and oxygen atoms in total. The molecule has 73 heavy (non-hydrogen) atoms. The summed E-state index contributed by atoms with van der Waals surface area (Å²) in [6.07, 6.45) is 43.2. The van der Waals surface area contributed by atoms with Crippen LogP contribution in [-0.4, -0.2) is 89.2 Å². The van der Waals surface area contributed by atoms with Crippen molar-refractivity contribution in [2.45, 2.75) is 340 Å². The molecule has 0 saturated carbocycles. The van der Waals surface area contributed by atoms with E-state index in [9.17, 15) is 34.5 Å². The van der Waals surface area contributed by atoms with Gasteiger partial charge in [-0.25, -0.2) is 4.79 Å². The van der Waals surface area contributed by atoms with Crippen LogP contribution in [0.15, 0.2) is 12.2 Å². The summed E-state index contributed by atoms with van der Waals surface area (Å²) in [6, 6.07) is 0. The van der Waals surface area contributed by atoms with E-state index in [0.717, 1.165) is 77.0 Å². The Labute approximate surface area is 446 Å². The second kappa shape index (κ2) is 50.3. The molecule has 428 valence electrons. The van der Waals surface area contributed by atoms with Gasteiger partial charge in [-0.1, -0.05) is 251 Å². The van der Waals surface area contributed by atoms with Gasteiger partial charge in [-0.2, -0.15) is 0 Å². The van der Waals surface area contributed by atoms with Gasteiger partial charge in [-0.05, 0) is 44.9 Å². The minimum absolute atomic E-state index is 0.0682. The van der Waals surface area contributed by atoms with E-state index in [1.165, 1.54) is 167 Å². The molecule has 1 saturated heterocycles. The zero-order valence-corrected chi connectivity index (χ0v) is 47.2. The van der Waals surface area contributed by atoms with Crippen molar-refractivity contribution in [3.8, 4) is 0 Å². The Morgan fingerprint density at radius 2 is 0.781 bits per heavy atom. The maximum absolute atomic E-state index is 13.1. The molecule has 0 aromatic carbocycles. The molecule has 0 radical (unpaired) electrons. The van der Waals surface area contributed by atoms with Gasteiger partial charge in [0.15, 0.2) is 24.6 Å². The summed E-state index contributed by atoms with van der Waals surface area (Å²) in [5, 5.41) is 31.5. The number of aliphatic carboxylic acids is 1. The number of carboxylic acids is 1. The molecule has 1 aliphatic rings. The zero-order chi connectivity index (χ0) is 53.3. The first kappa shape index (κ1) is 68.5. The molecule has 12 heteroatoms. The standard InChI is InChI=1S/C61H112O12/c1-4-7-10-13-16-19-22-25-27-30-32-35-38-41-44-47-53(62)69-50-52(71-54(63)48-45-42-39-36-33-29-24-21-18-15-12-9-6-3)51-70-61-59(57(66)56(65)58(73-61)60(67)68)72-55(64)49-46-43-40-37-34-31-28-26-23-20-17-14-11-8-5-2/h25,27,52,56-59,61,65-66H,4-24,26,28-51H2,1-3H3,(H,67,68)/b27-25-. The predicted molar refractivity (Wildman–Crippen MR) is 294 cm³/mol. The van der Waals surface area contributed by atoms with E-state index < -0.39 is 67.3 Å². The Bertz CT molecular complexity index is 1320. The summed E-state index contributed by atoms with van der Waals surface area (Å²) in [7, 11) is 0. The molecule has 3 N–H and O–H groups in total. The van der Waals surface area contributed by atoms with Gasteiger partial charge >= 0.3 is 23.9 Å². The maximum Gasteiger partial charge on any atom is 0.335 e. The number of esters is 3.